The molecule has 2 aromatic rings. The van der Waals surface area contributed by atoms with Crippen LogP contribution in [0.4, 0.5) is 10.1 Å². The molecule has 3 N–H and O–H groups in total. The molecule has 41 heavy (non-hydrogen) atoms. The molecule has 4 atom stereocenters. The van der Waals surface area contributed by atoms with Gasteiger partial charge in [0, 0.05) is 17.8 Å². The Kier molecular flexibility index (Phi) is 7.62. The third-order valence-electron chi connectivity index (χ3n) is 9.54. The van der Waals surface area contributed by atoms with E-state index in [9.17, 15) is 23.9 Å². The molecule has 4 aliphatic rings. The first-order chi connectivity index (χ1) is 19.8. The zero-order chi connectivity index (χ0) is 28.7. The molecule has 2 amide bonds. The van der Waals surface area contributed by atoms with Crippen LogP contribution in [0.5, 0.6) is 11.5 Å². The van der Waals surface area contributed by atoms with Crippen LogP contribution in [0.3, 0.4) is 0 Å². The number of carboxylic acids is 1. The maximum atomic E-state index is 14.9. The highest BCUT2D eigenvalue weighted by Crippen LogP contribution is 2.49. The molecule has 0 radical (unpaired) electrons. The lowest BCUT2D eigenvalue weighted by molar-refractivity contribution is -0.143. The van der Waals surface area contributed by atoms with Gasteiger partial charge in [-0.05, 0) is 99.3 Å². The van der Waals surface area contributed by atoms with Crippen molar-refractivity contribution < 1.29 is 33.4 Å². The molecule has 6 rings (SSSR count). The minimum atomic E-state index is -0.822. The van der Waals surface area contributed by atoms with E-state index in [0.717, 1.165) is 31.0 Å². The van der Waals surface area contributed by atoms with E-state index < -0.39 is 23.6 Å². The van der Waals surface area contributed by atoms with E-state index in [1.807, 2.05) is 12.1 Å². The van der Waals surface area contributed by atoms with Crippen molar-refractivity contribution in [3.05, 3.63) is 53.3 Å². The summed E-state index contributed by atoms with van der Waals surface area (Å²) in [6.45, 7) is 0. The normalized spacial score (nSPS) is 28.6. The highest BCUT2D eigenvalue weighted by molar-refractivity contribution is 5.99. The van der Waals surface area contributed by atoms with Crippen molar-refractivity contribution in [2.75, 3.05) is 12.4 Å². The van der Waals surface area contributed by atoms with Crippen molar-refractivity contribution in [3.63, 3.8) is 0 Å². The molecule has 2 bridgehead atoms. The number of hydrogen-bond acceptors (Lipinski definition) is 5. The van der Waals surface area contributed by atoms with Gasteiger partial charge >= 0.3 is 5.97 Å². The first-order valence-corrected chi connectivity index (χ1v) is 14.8. The number of fused-ring (bicyclic) bond motifs is 2. The zero-order valence-electron chi connectivity index (χ0n) is 23.2. The summed E-state index contributed by atoms with van der Waals surface area (Å²) >= 11 is 0. The summed E-state index contributed by atoms with van der Waals surface area (Å²) in [5, 5.41) is 15.5. The van der Waals surface area contributed by atoms with Crippen LogP contribution >= 0.6 is 0 Å². The third kappa shape index (κ3) is 5.76. The fourth-order valence-electron chi connectivity index (χ4n) is 7.20. The van der Waals surface area contributed by atoms with Crippen LogP contribution in [0.25, 0.3) is 0 Å². The largest absolute Gasteiger partial charge is 0.496 e. The molecule has 4 saturated carbocycles. The molecule has 2 aromatic carbocycles. The van der Waals surface area contributed by atoms with E-state index in [1.54, 1.807) is 0 Å². The Hall–Kier alpha value is -3.62. The molecule has 9 heteroatoms. The molecular formula is C32H37FN2O6. The van der Waals surface area contributed by atoms with Gasteiger partial charge in [-0.15, -0.1) is 0 Å². The number of aliphatic carboxylic acids is 1. The van der Waals surface area contributed by atoms with Gasteiger partial charge in [0.2, 0.25) is 5.91 Å². The number of amides is 2. The van der Waals surface area contributed by atoms with Crippen LogP contribution in [-0.2, 0) is 9.59 Å². The predicted octanol–water partition coefficient (Wildman–Crippen LogP) is 5.52. The lowest BCUT2D eigenvalue weighted by atomic mass is 9.83. The first kappa shape index (κ1) is 27.5. The fourth-order valence-corrected chi connectivity index (χ4v) is 7.20. The monoisotopic (exact) mass is 564 g/mol. The second-order valence-corrected chi connectivity index (χ2v) is 12.2. The van der Waals surface area contributed by atoms with Crippen LogP contribution in [0.2, 0.25) is 0 Å². The second-order valence-electron chi connectivity index (χ2n) is 12.2. The summed E-state index contributed by atoms with van der Waals surface area (Å²) in [6.07, 6.45) is 6.75. The quantitative estimate of drug-likeness (QED) is 0.370. The number of rotatable bonds is 9. The second kappa shape index (κ2) is 11.3. The van der Waals surface area contributed by atoms with E-state index in [1.165, 1.54) is 31.6 Å². The Morgan fingerprint density at radius 2 is 1.68 bits per heavy atom. The van der Waals surface area contributed by atoms with Gasteiger partial charge < -0.3 is 25.2 Å². The third-order valence-corrected chi connectivity index (χ3v) is 9.54. The number of ether oxygens (including phenoxy) is 2. The Balaban J connectivity index is 1.16. The van der Waals surface area contributed by atoms with Crippen LogP contribution in [-0.4, -0.2) is 42.1 Å². The number of anilines is 1. The summed E-state index contributed by atoms with van der Waals surface area (Å²) in [4.78, 5) is 38.4. The van der Waals surface area contributed by atoms with E-state index >= 15 is 0 Å². The average Bonchev–Trinajstić information content (AvgIpc) is 3.63. The Morgan fingerprint density at radius 1 is 0.927 bits per heavy atom. The maximum Gasteiger partial charge on any atom is 0.306 e. The highest BCUT2D eigenvalue weighted by atomic mass is 19.1. The summed E-state index contributed by atoms with van der Waals surface area (Å²) in [5.74, 6) is -1.75. The molecular weight excluding hydrogens is 527 g/mol. The molecule has 218 valence electrons. The van der Waals surface area contributed by atoms with Gasteiger partial charge in [-0.3, -0.25) is 14.4 Å². The Morgan fingerprint density at radius 3 is 2.39 bits per heavy atom. The number of carboxylic acid groups (broad SMARTS) is 1. The molecule has 4 fully saturated rings. The van der Waals surface area contributed by atoms with Crippen molar-refractivity contribution >= 4 is 23.5 Å². The topological polar surface area (TPSA) is 114 Å². The molecule has 0 saturated heterocycles. The van der Waals surface area contributed by atoms with Crippen molar-refractivity contribution in [1.29, 1.82) is 0 Å². The highest BCUT2D eigenvalue weighted by Gasteiger charge is 2.51. The number of hydrogen-bond donors (Lipinski definition) is 3. The van der Waals surface area contributed by atoms with Crippen molar-refractivity contribution in [2.45, 2.75) is 75.9 Å². The van der Waals surface area contributed by atoms with Crippen LogP contribution in [0, 0.1) is 29.5 Å². The summed E-state index contributed by atoms with van der Waals surface area (Å²) < 4.78 is 26.2. The van der Waals surface area contributed by atoms with Gasteiger partial charge in [0.25, 0.3) is 5.91 Å². The standard InChI is InChI=1S/C32H37FN2O6/c1-40-26-16-25(33)27(41-23-11-9-18(10-12-23)32(38)39)15-24(26)30(36)35-29-21-8-7-20(13-21)28(29)31(37)34-22-4-2-3-19(14-22)17-5-6-17/h2-4,14-18,20-21,23,28-29H,5-13H2,1H3,(H,34,37)(H,35,36)(H,38,39)/t18?,20-,21+,23?,28+,29-/m1/s1. The average molecular weight is 565 g/mol. The molecule has 0 unspecified atom stereocenters. The van der Waals surface area contributed by atoms with Gasteiger partial charge in [-0.25, -0.2) is 4.39 Å². The van der Waals surface area contributed by atoms with Gasteiger partial charge in [0.05, 0.1) is 30.6 Å². The maximum absolute atomic E-state index is 14.9. The van der Waals surface area contributed by atoms with Crippen molar-refractivity contribution in [2.24, 2.45) is 23.7 Å². The van der Waals surface area contributed by atoms with E-state index in [-0.39, 0.29) is 52.9 Å². The Bertz CT molecular complexity index is 1340. The molecule has 4 aliphatic carbocycles. The lowest BCUT2D eigenvalue weighted by Crippen LogP contribution is -2.48. The van der Waals surface area contributed by atoms with Gasteiger partial charge in [0.1, 0.15) is 5.75 Å². The van der Waals surface area contributed by atoms with Gasteiger partial charge in [-0.2, -0.15) is 0 Å². The summed E-state index contributed by atoms with van der Waals surface area (Å²) in [7, 11) is 1.38. The lowest BCUT2D eigenvalue weighted by Gasteiger charge is -2.31. The van der Waals surface area contributed by atoms with Crippen LogP contribution in [0.15, 0.2) is 36.4 Å². The molecule has 0 aliphatic heterocycles. The summed E-state index contributed by atoms with van der Waals surface area (Å²) in [5.41, 5.74) is 2.17. The molecule has 0 spiro atoms. The number of benzene rings is 2. The van der Waals surface area contributed by atoms with E-state index in [4.69, 9.17) is 9.47 Å². The summed E-state index contributed by atoms with van der Waals surface area (Å²) in [6, 6.07) is 10.2. The predicted molar refractivity (Wildman–Crippen MR) is 150 cm³/mol. The minimum absolute atomic E-state index is 0.0625. The number of carbonyl (C=O) groups excluding carboxylic acids is 2. The van der Waals surface area contributed by atoms with Crippen LogP contribution < -0.4 is 20.1 Å². The zero-order valence-corrected chi connectivity index (χ0v) is 23.2. The van der Waals surface area contributed by atoms with E-state index in [0.29, 0.717) is 31.6 Å². The smallest absolute Gasteiger partial charge is 0.306 e. The molecule has 8 nitrogen and oxygen atoms in total. The van der Waals surface area contributed by atoms with Gasteiger partial charge in [0.15, 0.2) is 11.6 Å². The SMILES string of the molecule is COc1cc(F)c(OC2CCC(C(=O)O)CC2)cc1C(=O)N[C@@H]1[C@H]2CC[C@H](C2)[C@@H]1C(=O)Nc1cccc(C2CC2)c1. The van der Waals surface area contributed by atoms with Gasteiger partial charge in [-0.1, -0.05) is 12.1 Å². The molecule has 0 aromatic heterocycles. The van der Waals surface area contributed by atoms with Crippen molar-refractivity contribution in [3.8, 4) is 11.5 Å². The van der Waals surface area contributed by atoms with E-state index in [2.05, 4.69) is 22.8 Å². The molecule has 0 heterocycles. The Labute approximate surface area is 239 Å². The minimum Gasteiger partial charge on any atom is -0.496 e. The number of halogens is 1. The first-order valence-electron chi connectivity index (χ1n) is 14.8. The fraction of sp³-hybridized carbons (Fsp3) is 0.531. The number of carbonyl (C=O) groups is 3. The number of methoxy groups -OCH3 is 1. The van der Waals surface area contributed by atoms with Crippen LogP contribution in [0.1, 0.15) is 79.6 Å². The number of nitrogens with one attached hydrogen (secondary N) is 2. The van der Waals surface area contributed by atoms with Crippen molar-refractivity contribution in [1.82, 2.24) is 5.32 Å².